The Balaban J connectivity index is 1.32. The molecule has 0 bridgehead atoms. The molecule has 2 aromatic carbocycles. The lowest BCUT2D eigenvalue weighted by atomic mass is 10.2. The predicted molar refractivity (Wildman–Crippen MR) is 115 cm³/mol. The van der Waals surface area contributed by atoms with E-state index in [4.69, 9.17) is 9.15 Å². The Morgan fingerprint density at radius 3 is 2.55 bits per heavy atom. The quantitative estimate of drug-likeness (QED) is 0.172. The van der Waals surface area contributed by atoms with E-state index in [1.54, 1.807) is 17.4 Å². The lowest BCUT2D eigenvalue weighted by Crippen LogP contribution is -2.00. The van der Waals surface area contributed by atoms with E-state index in [9.17, 15) is 14.9 Å². The van der Waals surface area contributed by atoms with E-state index >= 15 is 0 Å². The highest BCUT2D eigenvalue weighted by atomic mass is 32.1. The number of nitrogens with zero attached hydrogens (tertiary/aromatic N) is 3. The average molecular weight is 433 g/mol. The summed E-state index contributed by atoms with van der Waals surface area (Å²) in [4.78, 5) is 24.2. The first-order chi connectivity index (χ1) is 15.1. The summed E-state index contributed by atoms with van der Waals surface area (Å²) in [6, 6.07) is 19.6. The monoisotopic (exact) mass is 433 g/mol. The Kier molecular flexibility index (Phi) is 5.95. The number of hydrogen-bond donors (Lipinski definition) is 0. The molecule has 0 atom stereocenters. The summed E-state index contributed by atoms with van der Waals surface area (Å²) >= 11 is 1.57. The Morgan fingerprint density at radius 2 is 1.81 bits per heavy atom. The number of nitro groups is 1. The molecule has 0 spiro atoms. The van der Waals surface area contributed by atoms with E-state index in [1.807, 2.05) is 42.5 Å². The molecule has 8 nitrogen and oxygen atoms in total. The van der Waals surface area contributed by atoms with Gasteiger partial charge in [-0.3, -0.25) is 10.1 Å². The summed E-state index contributed by atoms with van der Waals surface area (Å²) in [7, 11) is 0. The van der Waals surface area contributed by atoms with E-state index in [2.05, 4.69) is 10.2 Å². The van der Waals surface area contributed by atoms with Gasteiger partial charge < -0.3 is 9.15 Å². The number of rotatable bonds is 7. The van der Waals surface area contributed by atoms with Gasteiger partial charge in [0.1, 0.15) is 0 Å². The summed E-state index contributed by atoms with van der Waals surface area (Å²) in [6.07, 6.45) is 3.03. The third-order valence-corrected chi connectivity index (χ3v) is 5.30. The smallest absolute Gasteiger partial charge is 0.331 e. The Morgan fingerprint density at radius 1 is 1.03 bits per heavy atom. The maximum absolute atomic E-state index is 12.0. The molecule has 9 heteroatoms. The van der Waals surface area contributed by atoms with E-state index in [0.717, 1.165) is 15.3 Å². The number of aromatic nitrogens is 2. The van der Waals surface area contributed by atoms with Crippen LogP contribution < -0.4 is 0 Å². The molecule has 0 aliphatic rings. The molecule has 0 radical (unpaired) electrons. The lowest BCUT2D eigenvalue weighted by molar-refractivity contribution is -0.384. The van der Waals surface area contributed by atoms with Gasteiger partial charge in [0.2, 0.25) is 5.89 Å². The van der Waals surface area contributed by atoms with Crippen LogP contribution in [0.3, 0.4) is 0 Å². The van der Waals surface area contributed by atoms with Crippen molar-refractivity contribution in [3.05, 3.63) is 93.7 Å². The molecule has 2 heterocycles. The van der Waals surface area contributed by atoms with Crippen molar-refractivity contribution in [2.75, 3.05) is 0 Å². The standard InChI is InChI=1S/C22H15N3O5S/c26-21(13-11-18-10-12-19(31-18)15-4-2-1-3-5-15)29-14-20-23-24-22(30-20)16-6-8-17(9-7-16)25(27)28/h1-13H,14H2/b13-11+. The number of thiophene rings is 1. The number of benzene rings is 2. The van der Waals surface area contributed by atoms with E-state index < -0.39 is 10.9 Å². The lowest BCUT2D eigenvalue weighted by Gasteiger charge is -1.97. The second-order valence-electron chi connectivity index (χ2n) is 6.31. The van der Waals surface area contributed by atoms with Crippen LogP contribution >= 0.6 is 11.3 Å². The maximum atomic E-state index is 12.0. The molecule has 0 aliphatic carbocycles. The first-order valence-corrected chi connectivity index (χ1v) is 9.97. The first kappa shape index (κ1) is 20.2. The van der Waals surface area contributed by atoms with E-state index in [-0.39, 0.29) is 24.1 Å². The fourth-order valence-corrected chi connectivity index (χ4v) is 3.60. The van der Waals surface area contributed by atoms with Crippen molar-refractivity contribution in [1.29, 1.82) is 0 Å². The molecule has 0 aliphatic heterocycles. The highest BCUT2D eigenvalue weighted by molar-refractivity contribution is 7.16. The normalized spacial score (nSPS) is 11.0. The van der Waals surface area contributed by atoms with Crippen molar-refractivity contribution >= 4 is 29.1 Å². The fourth-order valence-electron chi connectivity index (χ4n) is 2.69. The number of carbonyl (C=O) groups is 1. The van der Waals surface area contributed by atoms with Gasteiger partial charge in [-0.15, -0.1) is 21.5 Å². The van der Waals surface area contributed by atoms with Crippen LogP contribution in [0.5, 0.6) is 0 Å². The molecule has 4 rings (SSSR count). The Hall–Kier alpha value is -4.11. The number of non-ortho nitro benzene ring substituents is 1. The van der Waals surface area contributed by atoms with Crippen molar-refractivity contribution < 1.29 is 18.9 Å². The largest absolute Gasteiger partial charge is 0.452 e. The van der Waals surface area contributed by atoms with Crippen LogP contribution in [-0.2, 0) is 16.1 Å². The van der Waals surface area contributed by atoms with Crippen molar-refractivity contribution in [3.63, 3.8) is 0 Å². The molecule has 0 fully saturated rings. The predicted octanol–water partition coefficient (Wildman–Crippen LogP) is 5.13. The summed E-state index contributed by atoms with van der Waals surface area (Å²) in [5.41, 5.74) is 1.61. The molecule has 0 saturated carbocycles. The molecular formula is C22H15N3O5S. The van der Waals surface area contributed by atoms with Crippen molar-refractivity contribution in [2.24, 2.45) is 0 Å². The molecule has 0 saturated heterocycles. The zero-order valence-corrected chi connectivity index (χ0v) is 16.8. The number of nitro benzene ring substituents is 1. The molecule has 0 N–H and O–H groups in total. The van der Waals surface area contributed by atoms with Crippen molar-refractivity contribution in [2.45, 2.75) is 6.61 Å². The molecule has 0 unspecified atom stereocenters. The van der Waals surface area contributed by atoms with Gasteiger partial charge in [0.15, 0.2) is 6.61 Å². The van der Waals surface area contributed by atoms with Gasteiger partial charge in [-0.05, 0) is 35.9 Å². The second kappa shape index (κ2) is 9.14. The van der Waals surface area contributed by atoms with Gasteiger partial charge in [0.05, 0.1) is 4.92 Å². The van der Waals surface area contributed by atoms with Crippen LogP contribution in [-0.4, -0.2) is 21.1 Å². The molecule has 4 aromatic rings. The minimum Gasteiger partial charge on any atom is -0.452 e. The third-order valence-electron chi connectivity index (χ3n) is 4.20. The summed E-state index contributed by atoms with van der Waals surface area (Å²) in [6.45, 7) is -0.178. The Labute approximate surface area is 180 Å². The number of esters is 1. The van der Waals surface area contributed by atoms with E-state index in [1.165, 1.54) is 30.3 Å². The zero-order chi connectivity index (χ0) is 21.6. The van der Waals surface area contributed by atoms with Crippen molar-refractivity contribution in [3.8, 4) is 21.9 Å². The number of ether oxygens (including phenoxy) is 1. The van der Waals surface area contributed by atoms with Crippen LogP contribution in [0.4, 0.5) is 5.69 Å². The average Bonchev–Trinajstić information content (AvgIpc) is 3.47. The van der Waals surface area contributed by atoms with Crippen LogP contribution in [0.2, 0.25) is 0 Å². The summed E-state index contributed by atoms with van der Waals surface area (Å²) in [5, 5.41) is 18.4. The highest BCUT2D eigenvalue weighted by Crippen LogP contribution is 2.28. The SMILES string of the molecule is O=C(/C=C/c1ccc(-c2ccccc2)s1)OCc1nnc(-c2ccc([N+](=O)[O-])cc2)o1. The van der Waals surface area contributed by atoms with Gasteiger partial charge >= 0.3 is 5.97 Å². The van der Waals surface area contributed by atoms with Crippen LogP contribution in [0.15, 0.2) is 77.2 Å². The fraction of sp³-hybridized carbons (Fsp3) is 0.0455. The molecule has 2 aromatic heterocycles. The van der Waals surface area contributed by atoms with Gasteiger partial charge in [-0.2, -0.15) is 0 Å². The van der Waals surface area contributed by atoms with Crippen LogP contribution in [0, 0.1) is 10.1 Å². The third kappa shape index (κ3) is 5.09. The number of hydrogen-bond acceptors (Lipinski definition) is 8. The van der Waals surface area contributed by atoms with Gasteiger partial charge in [-0.1, -0.05) is 30.3 Å². The van der Waals surface area contributed by atoms with Gasteiger partial charge in [-0.25, -0.2) is 4.79 Å². The molecule has 0 amide bonds. The van der Waals surface area contributed by atoms with Gasteiger partial charge in [0, 0.05) is 33.5 Å². The zero-order valence-electron chi connectivity index (χ0n) is 16.0. The van der Waals surface area contributed by atoms with Gasteiger partial charge in [0.25, 0.3) is 11.6 Å². The van der Waals surface area contributed by atoms with Crippen LogP contribution in [0.25, 0.3) is 28.0 Å². The summed E-state index contributed by atoms with van der Waals surface area (Å²) < 4.78 is 10.6. The second-order valence-corrected chi connectivity index (χ2v) is 7.43. The number of carbonyl (C=O) groups excluding carboxylic acids is 1. The minimum atomic E-state index is -0.537. The topological polar surface area (TPSA) is 108 Å². The summed E-state index contributed by atoms with van der Waals surface area (Å²) in [5.74, 6) is -0.231. The van der Waals surface area contributed by atoms with Crippen LogP contribution in [0.1, 0.15) is 10.8 Å². The molecule has 154 valence electrons. The highest BCUT2D eigenvalue weighted by Gasteiger charge is 2.12. The minimum absolute atomic E-state index is 0.0363. The Bertz CT molecular complexity index is 1230. The maximum Gasteiger partial charge on any atom is 0.331 e. The van der Waals surface area contributed by atoms with E-state index in [0.29, 0.717) is 5.56 Å². The van der Waals surface area contributed by atoms with Crippen molar-refractivity contribution in [1.82, 2.24) is 10.2 Å². The molecular weight excluding hydrogens is 418 g/mol. The first-order valence-electron chi connectivity index (χ1n) is 9.16. The molecule has 31 heavy (non-hydrogen) atoms.